The van der Waals surface area contributed by atoms with Gasteiger partial charge in [-0.3, -0.25) is 0 Å². The van der Waals surface area contributed by atoms with Gasteiger partial charge in [-0.1, -0.05) is 11.2 Å². The van der Waals surface area contributed by atoms with E-state index in [9.17, 15) is 0 Å². The molecule has 0 fully saturated rings. The van der Waals surface area contributed by atoms with E-state index in [0.717, 1.165) is 23.5 Å². The van der Waals surface area contributed by atoms with Gasteiger partial charge in [0.2, 0.25) is 11.7 Å². The molecule has 6 heteroatoms. The number of aromatic nitrogens is 2. The van der Waals surface area contributed by atoms with Crippen molar-refractivity contribution in [3.8, 4) is 17.1 Å². The number of para-hydroxylation sites is 1. The summed E-state index contributed by atoms with van der Waals surface area (Å²) in [5, 5.41) is 3.93. The van der Waals surface area contributed by atoms with Crippen LogP contribution in [-0.2, 0) is 6.54 Å². The Labute approximate surface area is 104 Å². The zero-order chi connectivity index (χ0) is 12.5. The maximum atomic E-state index is 5.73. The summed E-state index contributed by atoms with van der Waals surface area (Å²) in [6, 6.07) is 5.89. The molecule has 2 N–H and O–H groups in total. The molecule has 1 aliphatic heterocycles. The highest BCUT2D eigenvalue weighted by molar-refractivity contribution is 5.75. The van der Waals surface area contributed by atoms with Crippen LogP contribution in [0.4, 0.5) is 5.69 Å². The van der Waals surface area contributed by atoms with Crippen LogP contribution in [0, 0.1) is 0 Å². The second kappa shape index (κ2) is 4.30. The lowest BCUT2D eigenvalue weighted by atomic mass is 10.1. The van der Waals surface area contributed by atoms with Gasteiger partial charge in [0.05, 0.1) is 24.3 Å². The lowest BCUT2D eigenvalue weighted by molar-refractivity contribution is 0.312. The summed E-state index contributed by atoms with van der Waals surface area (Å²) in [4.78, 5) is 6.38. The summed E-state index contributed by atoms with van der Waals surface area (Å²) in [5.41, 5.74) is 7.34. The number of hydrogen-bond donors (Lipinski definition) is 1. The quantitative estimate of drug-likeness (QED) is 0.852. The highest BCUT2D eigenvalue weighted by Crippen LogP contribution is 2.38. The normalized spacial score (nSPS) is 14.2. The van der Waals surface area contributed by atoms with E-state index in [2.05, 4.69) is 15.0 Å². The molecule has 0 radical (unpaired) electrons. The molecule has 0 unspecified atom stereocenters. The van der Waals surface area contributed by atoms with Crippen molar-refractivity contribution < 1.29 is 9.26 Å². The number of nitrogens with zero attached hydrogens (tertiary/aromatic N) is 3. The first kappa shape index (κ1) is 11.0. The summed E-state index contributed by atoms with van der Waals surface area (Å²) < 4.78 is 10.8. The van der Waals surface area contributed by atoms with Gasteiger partial charge in [-0.15, -0.1) is 0 Å². The molecular formula is C12H14N4O2. The van der Waals surface area contributed by atoms with Gasteiger partial charge in [-0.2, -0.15) is 4.98 Å². The van der Waals surface area contributed by atoms with Crippen LogP contribution < -0.4 is 15.4 Å². The average Bonchev–Trinajstić information content (AvgIpc) is 2.87. The Bertz CT molecular complexity index is 567. The zero-order valence-electron chi connectivity index (χ0n) is 10.1. The molecule has 94 valence electrons. The minimum atomic E-state index is 0.239. The molecule has 0 spiro atoms. The van der Waals surface area contributed by atoms with Gasteiger partial charge in [-0.05, 0) is 12.1 Å². The van der Waals surface area contributed by atoms with E-state index in [-0.39, 0.29) is 6.54 Å². The summed E-state index contributed by atoms with van der Waals surface area (Å²) >= 11 is 0. The first-order valence-electron chi connectivity index (χ1n) is 5.79. The Morgan fingerprint density at radius 1 is 1.44 bits per heavy atom. The van der Waals surface area contributed by atoms with Crippen molar-refractivity contribution in [1.82, 2.24) is 10.1 Å². The molecule has 0 saturated heterocycles. The van der Waals surface area contributed by atoms with E-state index in [0.29, 0.717) is 18.3 Å². The van der Waals surface area contributed by atoms with E-state index in [1.165, 1.54) is 0 Å². The van der Waals surface area contributed by atoms with Crippen LogP contribution >= 0.6 is 0 Å². The minimum absolute atomic E-state index is 0.239. The Balaban J connectivity index is 2.09. The summed E-state index contributed by atoms with van der Waals surface area (Å²) in [5.74, 6) is 1.74. The van der Waals surface area contributed by atoms with Crippen molar-refractivity contribution >= 4 is 5.69 Å². The van der Waals surface area contributed by atoms with Crippen molar-refractivity contribution in [3.63, 3.8) is 0 Å². The molecule has 2 aromatic rings. The molecule has 1 aromatic heterocycles. The van der Waals surface area contributed by atoms with Crippen LogP contribution in [-0.4, -0.2) is 30.3 Å². The average molecular weight is 246 g/mol. The summed E-state index contributed by atoms with van der Waals surface area (Å²) in [7, 11) is 2.03. The molecule has 0 amide bonds. The van der Waals surface area contributed by atoms with E-state index in [1.54, 1.807) is 0 Å². The first-order valence-corrected chi connectivity index (χ1v) is 5.79. The van der Waals surface area contributed by atoms with Crippen molar-refractivity contribution in [2.24, 2.45) is 5.73 Å². The fourth-order valence-corrected chi connectivity index (χ4v) is 2.01. The molecule has 0 aliphatic carbocycles. The summed E-state index contributed by atoms with van der Waals surface area (Å²) in [6.07, 6.45) is 0. The van der Waals surface area contributed by atoms with E-state index in [4.69, 9.17) is 15.0 Å². The minimum Gasteiger partial charge on any atom is -0.489 e. The molecule has 2 heterocycles. The Morgan fingerprint density at radius 3 is 3.11 bits per heavy atom. The maximum Gasteiger partial charge on any atom is 0.240 e. The lowest BCUT2D eigenvalue weighted by Gasteiger charge is -2.28. The van der Waals surface area contributed by atoms with E-state index < -0.39 is 0 Å². The highest BCUT2D eigenvalue weighted by Gasteiger charge is 2.21. The topological polar surface area (TPSA) is 77.4 Å². The molecule has 0 bridgehead atoms. The van der Waals surface area contributed by atoms with Gasteiger partial charge in [-0.25, -0.2) is 0 Å². The second-order valence-corrected chi connectivity index (χ2v) is 4.14. The molecule has 0 atom stereocenters. The number of ether oxygens (including phenoxy) is 1. The number of rotatable bonds is 2. The fourth-order valence-electron chi connectivity index (χ4n) is 2.01. The second-order valence-electron chi connectivity index (χ2n) is 4.14. The molecule has 3 rings (SSSR count). The Morgan fingerprint density at radius 2 is 2.33 bits per heavy atom. The van der Waals surface area contributed by atoms with Crippen molar-refractivity contribution in [3.05, 3.63) is 24.1 Å². The number of benzene rings is 1. The SMILES string of the molecule is CN1CCOc2c(-c3noc(CN)n3)cccc21. The fraction of sp³-hybridized carbons (Fsp3) is 0.333. The highest BCUT2D eigenvalue weighted by atomic mass is 16.5. The molecular weight excluding hydrogens is 232 g/mol. The van der Waals surface area contributed by atoms with Crippen molar-refractivity contribution in [1.29, 1.82) is 0 Å². The van der Waals surface area contributed by atoms with Gasteiger partial charge in [0, 0.05) is 7.05 Å². The van der Waals surface area contributed by atoms with Crippen molar-refractivity contribution in [2.75, 3.05) is 25.1 Å². The predicted molar refractivity (Wildman–Crippen MR) is 66.4 cm³/mol. The van der Waals surface area contributed by atoms with Crippen molar-refractivity contribution in [2.45, 2.75) is 6.54 Å². The Hall–Kier alpha value is -2.08. The lowest BCUT2D eigenvalue weighted by Crippen LogP contribution is -2.29. The number of hydrogen-bond acceptors (Lipinski definition) is 6. The third-order valence-corrected chi connectivity index (χ3v) is 2.96. The van der Waals surface area contributed by atoms with E-state index in [1.807, 2.05) is 25.2 Å². The third kappa shape index (κ3) is 1.70. The van der Waals surface area contributed by atoms with Gasteiger partial charge in [0.1, 0.15) is 6.61 Å². The van der Waals surface area contributed by atoms with E-state index >= 15 is 0 Å². The number of nitrogens with two attached hydrogens (primary N) is 1. The molecule has 1 aromatic carbocycles. The van der Waals surface area contributed by atoms with Crippen LogP contribution in [0.15, 0.2) is 22.7 Å². The van der Waals surface area contributed by atoms with Gasteiger partial charge in [0.25, 0.3) is 0 Å². The maximum absolute atomic E-state index is 5.73. The molecule has 6 nitrogen and oxygen atoms in total. The van der Waals surface area contributed by atoms with Crippen LogP contribution in [0.25, 0.3) is 11.4 Å². The van der Waals surface area contributed by atoms with Gasteiger partial charge < -0.3 is 19.9 Å². The van der Waals surface area contributed by atoms with Crippen LogP contribution in [0.1, 0.15) is 5.89 Å². The summed E-state index contributed by atoms with van der Waals surface area (Å²) in [6.45, 7) is 1.77. The van der Waals surface area contributed by atoms with Crippen LogP contribution in [0.3, 0.4) is 0 Å². The van der Waals surface area contributed by atoms with Crippen LogP contribution in [0.2, 0.25) is 0 Å². The number of fused-ring (bicyclic) bond motifs is 1. The number of likely N-dealkylation sites (N-methyl/N-ethyl adjacent to an activating group) is 1. The first-order chi connectivity index (χ1) is 8.79. The Kier molecular flexibility index (Phi) is 2.64. The third-order valence-electron chi connectivity index (χ3n) is 2.96. The van der Waals surface area contributed by atoms with Crippen LogP contribution in [0.5, 0.6) is 5.75 Å². The molecule has 1 aliphatic rings. The van der Waals surface area contributed by atoms with Gasteiger partial charge in [0.15, 0.2) is 5.75 Å². The standard InChI is InChI=1S/C12H14N4O2/c1-16-5-6-17-11-8(3-2-4-9(11)16)12-14-10(7-13)18-15-12/h2-4H,5-7,13H2,1H3. The molecule has 18 heavy (non-hydrogen) atoms. The smallest absolute Gasteiger partial charge is 0.240 e. The van der Waals surface area contributed by atoms with Gasteiger partial charge >= 0.3 is 0 Å². The predicted octanol–water partition coefficient (Wildman–Crippen LogP) is 1.02. The molecule has 0 saturated carbocycles. The monoisotopic (exact) mass is 246 g/mol. The zero-order valence-corrected chi connectivity index (χ0v) is 10.1. The number of anilines is 1. The largest absolute Gasteiger partial charge is 0.489 e.